The molecule has 2 aromatic rings. The van der Waals surface area contributed by atoms with Crippen LogP contribution in [0.3, 0.4) is 0 Å². The fourth-order valence-electron chi connectivity index (χ4n) is 3.07. The van der Waals surface area contributed by atoms with Gasteiger partial charge in [0.1, 0.15) is 12.4 Å². The largest absolute Gasteiger partial charge is 0.489 e. The number of β-amino-alcohol motifs (C(OH)–C–C–N with tert-alkyl or cyclic N) is 2. The Bertz CT molecular complexity index is 615. The van der Waals surface area contributed by atoms with E-state index in [9.17, 15) is 10.2 Å². The first-order valence-electron chi connectivity index (χ1n) is 8.56. The van der Waals surface area contributed by atoms with Crippen molar-refractivity contribution in [2.24, 2.45) is 0 Å². The number of hydrogen-bond donors (Lipinski definition) is 2. The molecule has 1 aliphatic heterocycles. The Kier molecular flexibility index (Phi) is 5.86. The van der Waals surface area contributed by atoms with E-state index in [-0.39, 0.29) is 6.10 Å². The van der Waals surface area contributed by atoms with Crippen LogP contribution in [-0.2, 0) is 6.61 Å². The molecule has 0 aliphatic carbocycles. The van der Waals surface area contributed by atoms with Crippen LogP contribution in [0, 0.1) is 0 Å². The zero-order valence-corrected chi connectivity index (χ0v) is 13.8. The van der Waals surface area contributed by atoms with Crippen molar-refractivity contribution in [2.75, 3.05) is 19.6 Å². The topological polar surface area (TPSA) is 52.9 Å². The van der Waals surface area contributed by atoms with Crippen molar-refractivity contribution >= 4 is 0 Å². The fraction of sp³-hybridized carbons (Fsp3) is 0.400. The molecule has 2 atom stereocenters. The summed E-state index contributed by atoms with van der Waals surface area (Å²) in [5.41, 5.74) is 2.01. The van der Waals surface area contributed by atoms with E-state index in [4.69, 9.17) is 4.74 Å². The zero-order valence-electron chi connectivity index (χ0n) is 13.8. The molecular formula is C20H25NO3. The summed E-state index contributed by atoms with van der Waals surface area (Å²) in [5.74, 6) is 0.795. The number of aliphatic hydroxyl groups is 2. The highest BCUT2D eigenvalue weighted by Crippen LogP contribution is 2.21. The van der Waals surface area contributed by atoms with E-state index in [1.807, 2.05) is 54.6 Å². The molecule has 1 aliphatic rings. The molecule has 0 bridgehead atoms. The average Bonchev–Trinajstić information content (AvgIpc) is 2.61. The number of rotatable bonds is 6. The summed E-state index contributed by atoms with van der Waals surface area (Å²) >= 11 is 0. The molecule has 24 heavy (non-hydrogen) atoms. The fourth-order valence-corrected chi connectivity index (χ4v) is 3.07. The van der Waals surface area contributed by atoms with Crippen LogP contribution in [0.4, 0.5) is 0 Å². The molecule has 1 saturated heterocycles. The molecule has 1 heterocycles. The number of aliphatic hydroxyl groups excluding tert-OH is 2. The lowest BCUT2D eigenvalue weighted by atomic mass is 10.1. The van der Waals surface area contributed by atoms with Crippen LogP contribution in [0.2, 0.25) is 0 Å². The molecule has 0 saturated carbocycles. The van der Waals surface area contributed by atoms with Gasteiger partial charge >= 0.3 is 0 Å². The van der Waals surface area contributed by atoms with Crippen molar-refractivity contribution in [1.82, 2.24) is 4.90 Å². The lowest BCUT2D eigenvalue weighted by Crippen LogP contribution is -2.40. The molecule has 2 N–H and O–H groups in total. The minimum atomic E-state index is -0.543. The molecule has 0 spiro atoms. The molecule has 0 aromatic heterocycles. The summed E-state index contributed by atoms with van der Waals surface area (Å²) in [7, 11) is 0. The normalized spacial score (nSPS) is 19.8. The van der Waals surface area contributed by atoms with Crippen molar-refractivity contribution in [2.45, 2.75) is 31.7 Å². The van der Waals surface area contributed by atoms with E-state index < -0.39 is 6.10 Å². The Morgan fingerprint density at radius 1 is 1.08 bits per heavy atom. The summed E-state index contributed by atoms with van der Waals surface area (Å²) in [6, 6.07) is 17.7. The van der Waals surface area contributed by atoms with Gasteiger partial charge in [0.25, 0.3) is 0 Å². The number of benzene rings is 2. The van der Waals surface area contributed by atoms with Crippen LogP contribution in [0.25, 0.3) is 0 Å². The Morgan fingerprint density at radius 2 is 1.83 bits per heavy atom. The molecule has 4 heteroatoms. The molecule has 2 aromatic carbocycles. The van der Waals surface area contributed by atoms with Gasteiger partial charge in [-0.15, -0.1) is 0 Å². The Labute approximate surface area is 143 Å². The van der Waals surface area contributed by atoms with E-state index in [0.717, 1.165) is 36.3 Å². The SMILES string of the molecule is O[C@H]1CCCN(C[C@H](O)c2ccc(OCc3ccccc3)cc2)C1. The van der Waals surface area contributed by atoms with Gasteiger partial charge in [-0.05, 0) is 42.6 Å². The second-order valence-corrected chi connectivity index (χ2v) is 6.41. The van der Waals surface area contributed by atoms with Crippen molar-refractivity contribution < 1.29 is 14.9 Å². The molecule has 3 rings (SSSR count). The maximum Gasteiger partial charge on any atom is 0.119 e. The summed E-state index contributed by atoms with van der Waals surface area (Å²) in [4.78, 5) is 2.12. The van der Waals surface area contributed by atoms with Crippen molar-refractivity contribution in [3.63, 3.8) is 0 Å². The third kappa shape index (κ3) is 4.81. The van der Waals surface area contributed by atoms with Crippen LogP contribution in [0.15, 0.2) is 54.6 Å². The van der Waals surface area contributed by atoms with Crippen LogP contribution in [0.5, 0.6) is 5.75 Å². The number of nitrogens with zero attached hydrogens (tertiary/aromatic N) is 1. The molecule has 1 fully saturated rings. The zero-order chi connectivity index (χ0) is 16.8. The van der Waals surface area contributed by atoms with Crippen LogP contribution in [0.1, 0.15) is 30.1 Å². The monoisotopic (exact) mass is 327 g/mol. The van der Waals surface area contributed by atoms with Crippen LogP contribution < -0.4 is 4.74 Å². The van der Waals surface area contributed by atoms with Gasteiger partial charge < -0.3 is 14.9 Å². The third-order valence-corrected chi connectivity index (χ3v) is 4.42. The van der Waals surface area contributed by atoms with Gasteiger partial charge in [-0.2, -0.15) is 0 Å². The van der Waals surface area contributed by atoms with Gasteiger partial charge in [-0.25, -0.2) is 0 Å². The van der Waals surface area contributed by atoms with E-state index in [0.29, 0.717) is 19.7 Å². The standard InChI is InChI=1S/C20H25NO3/c22-18-7-4-12-21(13-18)14-20(23)17-8-10-19(11-9-17)24-15-16-5-2-1-3-6-16/h1-3,5-6,8-11,18,20,22-23H,4,7,12-15H2/t18-,20-/m0/s1. The van der Waals surface area contributed by atoms with Crippen LogP contribution in [-0.4, -0.2) is 40.9 Å². The first kappa shape index (κ1) is 17.0. The van der Waals surface area contributed by atoms with Gasteiger partial charge in [-0.3, -0.25) is 4.90 Å². The Balaban J connectivity index is 1.51. The summed E-state index contributed by atoms with van der Waals surface area (Å²) in [5, 5.41) is 20.1. The first-order chi connectivity index (χ1) is 11.7. The Hall–Kier alpha value is -1.88. The second-order valence-electron chi connectivity index (χ2n) is 6.41. The quantitative estimate of drug-likeness (QED) is 0.857. The van der Waals surface area contributed by atoms with Gasteiger partial charge in [-0.1, -0.05) is 42.5 Å². The maximum absolute atomic E-state index is 10.4. The van der Waals surface area contributed by atoms with E-state index in [1.165, 1.54) is 0 Å². The van der Waals surface area contributed by atoms with Crippen LogP contribution >= 0.6 is 0 Å². The second kappa shape index (κ2) is 8.29. The Morgan fingerprint density at radius 3 is 2.54 bits per heavy atom. The van der Waals surface area contributed by atoms with Crippen molar-refractivity contribution in [1.29, 1.82) is 0 Å². The smallest absolute Gasteiger partial charge is 0.119 e. The average molecular weight is 327 g/mol. The van der Waals surface area contributed by atoms with Crippen molar-refractivity contribution in [3.05, 3.63) is 65.7 Å². The summed E-state index contributed by atoms with van der Waals surface area (Å²) in [6.07, 6.45) is 1.04. The summed E-state index contributed by atoms with van der Waals surface area (Å²) < 4.78 is 5.77. The lowest BCUT2D eigenvalue weighted by molar-refractivity contribution is 0.0392. The van der Waals surface area contributed by atoms with E-state index >= 15 is 0 Å². The minimum absolute atomic E-state index is 0.264. The predicted molar refractivity (Wildman–Crippen MR) is 93.9 cm³/mol. The van der Waals surface area contributed by atoms with E-state index in [2.05, 4.69) is 4.90 Å². The highest BCUT2D eigenvalue weighted by molar-refractivity contribution is 5.29. The molecule has 128 valence electrons. The molecular weight excluding hydrogens is 302 g/mol. The summed E-state index contributed by atoms with van der Waals surface area (Å²) in [6.45, 7) is 2.68. The number of hydrogen-bond acceptors (Lipinski definition) is 4. The minimum Gasteiger partial charge on any atom is -0.489 e. The number of ether oxygens (including phenoxy) is 1. The maximum atomic E-state index is 10.4. The molecule has 0 amide bonds. The van der Waals surface area contributed by atoms with Gasteiger partial charge in [0.15, 0.2) is 0 Å². The number of likely N-dealkylation sites (tertiary alicyclic amines) is 1. The highest BCUT2D eigenvalue weighted by Gasteiger charge is 2.20. The first-order valence-corrected chi connectivity index (χ1v) is 8.56. The molecule has 0 radical (unpaired) electrons. The van der Waals surface area contributed by atoms with E-state index in [1.54, 1.807) is 0 Å². The van der Waals surface area contributed by atoms with Crippen molar-refractivity contribution in [3.8, 4) is 5.75 Å². The highest BCUT2D eigenvalue weighted by atomic mass is 16.5. The van der Waals surface area contributed by atoms with Gasteiger partial charge in [0.2, 0.25) is 0 Å². The predicted octanol–water partition coefficient (Wildman–Crippen LogP) is 2.76. The number of piperidine rings is 1. The molecule has 0 unspecified atom stereocenters. The van der Waals surface area contributed by atoms with Gasteiger partial charge in [0.05, 0.1) is 12.2 Å². The van der Waals surface area contributed by atoms with Gasteiger partial charge in [0, 0.05) is 13.1 Å². The lowest BCUT2D eigenvalue weighted by Gasteiger charge is -2.31. The third-order valence-electron chi connectivity index (χ3n) is 4.42. The molecule has 4 nitrogen and oxygen atoms in total.